The van der Waals surface area contributed by atoms with Crippen molar-refractivity contribution in [2.45, 2.75) is 63.4 Å². The van der Waals surface area contributed by atoms with Crippen LogP contribution in [0.5, 0.6) is 0 Å². The first-order valence-electron chi connectivity index (χ1n) is 9.14. The van der Waals surface area contributed by atoms with Gasteiger partial charge in [-0.3, -0.25) is 0 Å². The van der Waals surface area contributed by atoms with Crippen molar-refractivity contribution in [1.82, 2.24) is 5.32 Å². The first kappa shape index (κ1) is 21.4. The Morgan fingerprint density at radius 2 is 1.70 bits per heavy atom. The maximum Gasteiger partial charge on any atom is 0.490 e. The highest BCUT2D eigenvalue weighted by Crippen LogP contribution is 2.39. The molecule has 0 spiro atoms. The van der Waals surface area contributed by atoms with Crippen LogP contribution in [0.1, 0.15) is 44.6 Å². The third-order valence-electron chi connectivity index (χ3n) is 4.96. The van der Waals surface area contributed by atoms with Crippen LogP contribution in [-0.4, -0.2) is 40.5 Å². The van der Waals surface area contributed by atoms with Gasteiger partial charge in [0.25, 0.3) is 0 Å². The summed E-state index contributed by atoms with van der Waals surface area (Å²) in [7, 11) is 0. The van der Waals surface area contributed by atoms with Crippen LogP contribution in [0.2, 0.25) is 0 Å². The van der Waals surface area contributed by atoms with Gasteiger partial charge in [0, 0.05) is 12.1 Å². The van der Waals surface area contributed by atoms with Crippen LogP contribution in [0.25, 0.3) is 6.08 Å². The van der Waals surface area contributed by atoms with E-state index in [2.05, 4.69) is 48.6 Å². The largest absolute Gasteiger partial charge is 0.490 e. The number of aliphatic hydroxyl groups is 1. The zero-order chi connectivity index (χ0) is 20.0. The van der Waals surface area contributed by atoms with Crippen molar-refractivity contribution in [2.24, 2.45) is 5.92 Å². The summed E-state index contributed by atoms with van der Waals surface area (Å²) in [4.78, 5) is 8.90. The molecule has 0 amide bonds. The van der Waals surface area contributed by atoms with Crippen LogP contribution in [0, 0.1) is 5.92 Å². The summed E-state index contributed by atoms with van der Waals surface area (Å²) in [6, 6.07) is 11.9. The lowest BCUT2D eigenvalue weighted by atomic mass is 9.93. The Balaban J connectivity index is 0.000000321. The van der Waals surface area contributed by atoms with Crippen LogP contribution < -0.4 is 5.32 Å². The topological polar surface area (TPSA) is 69.6 Å². The number of hydrogen-bond donors (Lipinski definition) is 3. The predicted octanol–water partition coefficient (Wildman–Crippen LogP) is 4.00. The summed E-state index contributed by atoms with van der Waals surface area (Å²) in [5, 5.41) is 20.4. The molecule has 3 N–H and O–H groups in total. The standard InChI is InChI=1S/C18H25NO.C2HF3O2/c1-13(11-14-5-3-2-4-6-14)17-12-18(17)19-15-7-9-16(20)10-8-15;3-2(4,5)1(6)7/h2-6,11,15-20H,7-10,12H2,1H3;(H,6,7)/b13-11+;. The molecule has 1 aromatic carbocycles. The summed E-state index contributed by atoms with van der Waals surface area (Å²) in [5.41, 5.74) is 2.79. The average molecular weight is 385 g/mol. The lowest BCUT2D eigenvalue weighted by Gasteiger charge is -2.26. The van der Waals surface area contributed by atoms with Gasteiger partial charge in [0.05, 0.1) is 6.10 Å². The van der Waals surface area contributed by atoms with Crippen molar-refractivity contribution < 1.29 is 28.2 Å². The van der Waals surface area contributed by atoms with Gasteiger partial charge in [-0.25, -0.2) is 4.79 Å². The van der Waals surface area contributed by atoms with Crippen LogP contribution in [0.15, 0.2) is 35.9 Å². The highest BCUT2D eigenvalue weighted by Gasteiger charge is 2.39. The highest BCUT2D eigenvalue weighted by molar-refractivity contribution is 5.73. The molecule has 2 aliphatic carbocycles. The number of carboxylic acid groups (broad SMARTS) is 1. The molecule has 0 bridgehead atoms. The van der Waals surface area contributed by atoms with E-state index in [1.54, 1.807) is 0 Å². The monoisotopic (exact) mass is 385 g/mol. The number of carboxylic acids is 1. The highest BCUT2D eigenvalue weighted by atomic mass is 19.4. The van der Waals surface area contributed by atoms with Gasteiger partial charge in [0.1, 0.15) is 0 Å². The maximum atomic E-state index is 10.6. The van der Waals surface area contributed by atoms with Gasteiger partial charge in [0.15, 0.2) is 0 Å². The molecule has 150 valence electrons. The quantitative estimate of drug-likeness (QED) is 0.733. The Morgan fingerprint density at radius 1 is 1.15 bits per heavy atom. The van der Waals surface area contributed by atoms with E-state index in [0.717, 1.165) is 25.7 Å². The van der Waals surface area contributed by atoms with Gasteiger partial charge in [-0.1, -0.05) is 42.0 Å². The van der Waals surface area contributed by atoms with Gasteiger partial charge in [0.2, 0.25) is 0 Å². The third kappa shape index (κ3) is 7.34. The molecule has 27 heavy (non-hydrogen) atoms. The molecular weight excluding hydrogens is 359 g/mol. The van der Waals surface area contributed by atoms with Crippen molar-refractivity contribution in [3.05, 3.63) is 41.5 Å². The number of benzene rings is 1. The first-order valence-corrected chi connectivity index (χ1v) is 9.14. The van der Waals surface area contributed by atoms with Crippen molar-refractivity contribution in [2.75, 3.05) is 0 Å². The smallest absolute Gasteiger partial charge is 0.475 e. The SMILES string of the molecule is C/C(=C\c1ccccc1)C1CC1NC1CCC(O)CC1.O=C(O)C(F)(F)F. The lowest BCUT2D eigenvalue weighted by Crippen LogP contribution is -2.36. The van der Waals surface area contributed by atoms with E-state index < -0.39 is 12.1 Å². The van der Waals surface area contributed by atoms with Crippen molar-refractivity contribution in [3.63, 3.8) is 0 Å². The number of aliphatic hydroxyl groups excluding tert-OH is 1. The first-order chi connectivity index (χ1) is 12.7. The van der Waals surface area contributed by atoms with E-state index in [-0.39, 0.29) is 6.10 Å². The van der Waals surface area contributed by atoms with Gasteiger partial charge in [-0.05, 0) is 50.5 Å². The molecule has 0 aromatic heterocycles. The molecule has 2 saturated carbocycles. The van der Waals surface area contributed by atoms with Crippen LogP contribution in [-0.2, 0) is 4.79 Å². The minimum atomic E-state index is -5.08. The summed E-state index contributed by atoms with van der Waals surface area (Å²) >= 11 is 0. The van der Waals surface area contributed by atoms with E-state index in [1.165, 1.54) is 17.6 Å². The number of alkyl halides is 3. The molecular formula is C20H26F3NO3. The second-order valence-corrected chi connectivity index (χ2v) is 7.22. The van der Waals surface area contributed by atoms with E-state index >= 15 is 0 Å². The normalized spacial score (nSPS) is 28.1. The Labute approximate surface area is 157 Å². The van der Waals surface area contributed by atoms with E-state index in [1.807, 2.05) is 0 Å². The van der Waals surface area contributed by atoms with Crippen molar-refractivity contribution in [3.8, 4) is 0 Å². The molecule has 7 heteroatoms. The molecule has 0 heterocycles. The van der Waals surface area contributed by atoms with Crippen LogP contribution >= 0.6 is 0 Å². The number of aliphatic carboxylic acids is 1. The molecule has 2 unspecified atom stereocenters. The lowest BCUT2D eigenvalue weighted by molar-refractivity contribution is -0.192. The fourth-order valence-electron chi connectivity index (χ4n) is 3.35. The maximum absolute atomic E-state index is 10.6. The van der Waals surface area contributed by atoms with E-state index in [9.17, 15) is 18.3 Å². The van der Waals surface area contributed by atoms with Gasteiger partial charge >= 0.3 is 12.1 Å². The third-order valence-corrected chi connectivity index (χ3v) is 4.96. The zero-order valence-corrected chi connectivity index (χ0v) is 15.2. The second kappa shape index (κ2) is 9.37. The fraction of sp³-hybridized carbons (Fsp3) is 0.550. The van der Waals surface area contributed by atoms with Gasteiger partial charge in [-0.2, -0.15) is 13.2 Å². The summed E-state index contributed by atoms with van der Waals surface area (Å²) in [6.45, 7) is 2.25. The molecule has 2 fully saturated rings. The van der Waals surface area contributed by atoms with Crippen molar-refractivity contribution >= 4 is 12.0 Å². The molecule has 0 aliphatic heterocycles. The summed E-state index contributed by atoms with van der Waals surface area (Å²) in [6.07, 6.45) is 2.65. The average Bonchev–Trinajstić information content (AvgIpc) is 3.37. The minimum Gasteiger partial charge on any atom is -0.475 e. The second-order valence-electron chi connectivity index (χ2n) is 7.22. The zero-order valence-electron chi connectivity index (χ0n) is 15.2. The molecule has 2 atom stereocenters. The number of nitrogens with one attached hydrogen (secondary N) is 1. The predicted molar refractivity (Wildman–Crippen MR) is 97.1 cm³/mol. The van der Waals surface area contributed by atoms with E-state index in [4.69, 9.17) is 9.90 Å². The van der Waals surface area contributed by atoms with Crippen molar-refractivity contribution in [1.29, 1.82) is 0 Å². The van der Waals surface area contributed by atoms with Crippen LogP contribution in [0.3, 0.4) is 0 Å². The molecule has 4 nitrogen and oxygen atoms in total. The Kier molecular flexibility index (Phi) is 7.44. The molecule has 0 saturated heterocycles. The van der Waals surface area contributed by atoms with Gasteiger partial charge < -0.3 is 15.5 Å². The summed E-state index contributed by atoms with van der Waals surface area (Å²) in [5.74, 6) is -2.05. The Morgan fingerprint density at radius 3 is 2.22 bits per heavy atom. The molecule has 3 rings (SSSR count). The number of carbonyl (C=O) groups is 1. The minimum absolute atomic E-state index is 0.0530. The van der Waals surface area contributed by atoms with E-state index in [0.29, 0.717) is 18.0 Å². The Hall–Kier alpha value is -1.86. The number of hydrogen-bond acceptors (Lipinski definition) is 3. The Bertz CT molecular complexity index is 638. The number of rotatable bonds is 4. The fourth-order valence-corrected chi connectivity index (χ4v) is 3.35. The van der Waals surface area contributed by atoms with Crippen LogP contribution in [0.4, 0.5) is 13.2 Å². The summed E-state index contributed by atoms with van der Waals surface area (Å²) < 4.78 is 31.7. The molecule has 1 aromatic rings. The molecule has 2 aliphatic rings. The van der Waals surface area contributed by atoms with Gasteiger partial charge in [-0.15, -0.1) is 0 Å². The molecule has 0 radical (unpaired) electrons. The number of halogens is 3.